The highest BCUT2D eigenvalue weighted by Gasteiger charge is 2.08. The average molecular weight is 127 g/mol. The Bertz CT molecular complexity index is 55.1. The average Bonchev–Trinajstić information content (AvgIpc) is 1.82. The van der Waals surface area contributed by atoms with Crippen molar-refractivity contribution >= 4 is 0 Å². The van der Waals surface area contributed by atoms with Crippen LogP contribution < -0.4 is 0 Å². The number of hydrogen-bond donors (Lipinski definition) is 0. The topological polar surface area (TPSA) is 0 Å². The molecule has 0 aliphatic rings. The van der Waals surface area contributed by atoms with E-state index in [2.05, 4.69) is 34.1 Å². The third kappa shape index (κ3) is 3.56. The first kappa shape index (κ1) is 9.00. The van der Waals surface area contributed by atoms with Crippen molar-refractivity contribution < 1.29 is 0 Å². The fourth-order valence-electron chi connectivity index (χ4n) is 1.21. The molecule has 0 nitrogen and oxygen atoms in total. The lowest BCUT2D eigenvalue weighted by atomic mass is 9.89. The van der Waals surface area contributed by atoms with Crippen molar-refractivity contribution in [3.8, 4) is 0 Å². The van der Waals surface area contributed by atoms with E-state index in [0.29, 0.717) is 0 Å². The molecule has 0 fully saturated rings. The van der Waals surface area contributed by atoms with Gasteiger partial charge in [0.25, 0.3) is 0 Å². The molecule has 0 aliphatic carbocycles. The van der Waals surface area contributed by atoms with Crippen LogP contribution in [0.2, 0.25) is 0 Å². The molecule has 1 atom stereocenters. The lowest BCUT2D eigenvalue weighted by molar-refractivity contribution is 0.416. The van der Waals surface area contributed by atoms with Crippen LogP contribution in [0.1, 0.15) is 40.5 Å². The second kappa shape index (κ2) is 4.84. The van der Waals surface area contributed by atoms with Gasteiger partial charge in [-0.1, -0.05) is 40.5 Å². The van der Waals surface area contributed by atoms with Gasteiger partial charge in [-0.15, -0.1) is 0 Å². The monoisotopic (exact) mass is 127 g/mol. The molecule has 0 aromatic rings. The summed E-state index contributed by atoms with van der Waals surface area (Å²) in [6, 6.07) is 0. The molecule has 0 aliphatic heterocycles. The highest BCUT2D eigenvalue weighted by molar-refractivity contribution is 4.75. The summed E-state index contributed by atoms with van der Waals surface area (Å²) in [6.45, 7) is 9.06. The predicted molar refractivity (Wildman–Crippen MR) is 43.2 cm³/mol. The first-order chi connectivity index (χ1) is 4.22. The minimum atomic E-state index is 0.829. The van der Waals surface area contributed by atoms with Gasteiger partial charge in [0.1, 0.15) is 0 Å². The van der Waals surface area contributed by atoms with Crippen molar-refractivity contribution in [1.82, 2.24) is 0 Å². The van der Waals surface area contributed by atoms with E-state index in [-0.39, 0.29) is 0 Å². The summed E-state index contributed by atoms with van der Waals surface area (Å²) in [5, 5.41) is 0. The molecule has 0 saturated heterocycles. The van der Waals surface area contributed by atoms with Crippen molar-refractivity contribution in [1.29, 1.82) is 0 Å². The minimum absolute atomic E-state index is 0.829. The maximum atomic E-state index is 2.42. The lowest BCUT2D eigenvalue weighted by Crippen LogP contribution is -2.06. The summed E-state index contributed by atoms with van der Waals surface area (Å²) in [5.41, 5.74) is 0. The van der Waals surface area contributed by atoms with E-state index in [1.807, 2.05) is 0 Å². The third-order valence-corrected chi connectivity index (χ3v) is 1.87. The van der Waals surface area contributed by atoms with E-state index in [1.165, 1.54) is 12.8 Å². The normalized spacial score (nSPS) is 14.3. The van der Waals surface area contributed by atoms with Crippen LogP contribution in [0.3, 0.4) is 0 Å². The fourth-order valence-corrected chi connectivity index (χ4v) is 1.21. The third-order valence-electron chi connectivity index (χ3n) is 1.87. The van der Waals surface area contributed by atoms with Gasteiger partial charge in [0.15, 0.2) is 0 Å². The van der Waals surface area contributed by atoms with E-state index in [0.717, 1.165) is 11.8 Å². The smallest absolute Gasteiger partial charge is 0.0355 e. The largest absolute Gasteiger partial charge is 0.0651 e. The van der Waals surface area contributed by atoms with Crippen molar-refractivity contribution in [2.75, 3.05) is 0 Å². The molecule has 0 saturated carbocycles. The zero-order valence-corrected chi connectivity index (χ0v) is 7.15. The Hall–Kier alpha value is 0. The lowest BCUT2D eigenvalue weighted by Gasteiger charge is -2.16. The molecule has 9 heavy (non-hydrogen) atoms. The molecule has 0 rings (SSSR count). The zero-order chi connectivity index (χ0) is 7.28. The summed E-state index contributed by atoms with van der Waals surface area (Å²) >= 11 is 0. The SMILES string of the molecule is CC[CH]C(CC)C(C)C. The quantitative estimate of drug-likeness (QED) is 0.543. The van der Waals surface area contributed by atoms with Gasteiger partial charge in [-0.3, -0.25) is 0 Å². The summed E-state index contributed by atoms with van der Waals surface area (Å²) < 4.78 is 0. The molecule has 1 radical (unpaired) electrons. The number of rotatable bonds is 4. The molecular formula is C9H19. The highest BCUT2D eigenvalue weighted by atomic mass is 14.1. The second-order valence-electron chi connectivity index (χ2n) is 2.96. The van der Waals surface area contributed by atoms with Crippen molar-refractivity contribution in [2.24, 2.45) is 11.8 Å². The van der Waals surface area contributed by atoms with Crippen LogP contribution in [0, 0.1) is 18.3 Å². The maximum Gasteiger partial charge on any atom is -0.0355 e. The Kier molecular flexibility index (Phi) is 4.84. The van der Waals surface area contributed by atoms with Crippen LogP contribution in [0.15, 0.2) is 0 Å². The van der Waals surface area contributed by atoms with Crippen molar-refractivity contribution in [3.63, 3.8) is 0 Å². The Labute approximate surface area is 59.7 Å². The Balaban J connectivity index is 3.41. The Morgan fingerprint density at radius 1 is 1.22 bits per heavy atom. The maximum absolute atomic E-state index is 2.42. The fraction of sp³-hybridized carbons (Fsp3) is 0.889. The molecule has 0 aromatic carbocycles. The molecule has 55 valence electrons. The minimum Gasteiger partial charge on any atom is -0.0651 e. The zero-order valence-electron chi connectivity index (χ0n) is 7.15. The second-order valence-corrected chi connectivity index (χ2v) is 2.96. The van der Waals surface area contributed by atoms with Gasteiger partial charge in [-0.05, 0) is 18.3 Å². The van der Waals surface area contributed by atoms with Crippen LogP contribution in [0.25, 0.3) is 0 Å². The molecule has 0 bridgehead atoms. The van der Waals surface area contributed by atoms with E-state index < -0.39 is 0 Å². The van der Waals surface area contributed by atoms with Crippen LogP contribution in [-0.4, -0.2) is 0 Å². The van der Waals surface area contributed by atoms with Gasteiger partial charge in [0.2, 0.25) is 0 Å². The van der Waals surface area contributed by atoms with Gasteiger partial charge in [-0.2, -0.15) is 0 Å². The molecule has 0 heterocycles. The van der Waals surface area contributed by atoms with E-state index in [1.54, 1.807) is 0 Å². The van der Waals surface area contributed by atoms with Crippen LogP contribution in [-0.2, 0) is 0 Å². The van der Waals surface area contributed by atoms with Gasteiger partial charge in [0.05, 0.1) is 0 Å². The van der Waals surface area contributed by atoms with Crippen LogP contribution >= 0.6 is 0 Å². The first-order valence-corrected chi connectivity index (χ1v) is 4.05. The molecule has 0 heteroatoms. The first-order valence-electron chi connectivity index (χ1n) is 4.05. The van der Waals surface area contributed by atoms with Crippen molar-refractivity contribution in [2.45, 2.75) is 40.5 Å². The van der Waals surface area contributed by atoms with Gasteiger partial charge in [-0.25, -0.2) is 0 Å². The van der Waals surface area contributed by atoms with E-state index >= 15 is 0 Å². The molecule has 0 amide bonds. The van der Waals surface area contributed by atoms with Crippen LogP contribution in [0.5, 0.6) is 0 Å². The van der Waals surface area contributed by atoms with Crippen molar-refractivity contribution in [3.05, 3.63) is 6.42 Å². The Morgan fingerprint density at radius 3 is 1.89 bits per heavy atom. The number of hydrogen-bond acceptors (Lipinski definition) is 0. The highest BCUT2D eigenvalue weighted by Crippen LogP contribution is 2.18. The Morgan fingerprint density at radius 2 is 1.78 bits per heavy atom. The summed E-state index contributed by atoms with van der Waals surface area (Å²) in [4.78, 5) is 0. The molecule has 0 spiro atoms. The molecule has 0 aromatic heterocycles. The van der Waals surface area contributed by atoms with Gasteiger partial charge >= 0.3 is 0 Å². The van der Waals surface area contributed by atoms with Gasteiger partial charge in [0, 0.05) is 0 Å². The van der Waals surface area contributed by atoms with Crippen LogP contribution in [0.4, 0.5) is 0 Å². The van der Waals surface area contributed by atoms with E-state index in [9.17, 15) is 0 Å². The summed E-state index contributed by atoms with van der Waals surface area (Å²) in [7, 11) is 0. The molecule has 1 unspecified atom stereocenters. The van der Waals surface area contributed by atoms with E-state index in [4.69, 9.17) is 0 Å². The predicted octanol–water partition coefficient (Wildman–Crippen LogP) is 3.28. The summed E-state index contributed by atoms with van der Waals surface area (Å²) in [5.74, 6) is 1.67. The van der Waals surface area contributed by atoms with Gasteiger partial charge < -0.3 is 0 Å². The summed E-state index contributed by atoms with van der Waals surface area (Å²) in [6.07, 6.45) is 4.94. The molecule has 0 N–H and O–H groups in total. The molecular weight excluding hydrogens is 108 g/mol. The standard InChI is InChI=1S/C9H19/c1-5-7-9(6-2)8(3)4/h7-9H,5-6H2,1-4H3.